The highest BCUT2D eigenvalue weighted by Gasteiger charge is 2.19. The Morgan fingerprint density at radius 3 is 2.22 bits per heavy atom. The van der Waals surface area contributed by atoms with Crippen molar-refractivity contribution in [2.45, 2.75) is 46.6 Å². The van der Waals surface area contributed by atoms with Gasteiger partial charge in [-0.15, -0.1) is 0 Å². The van der Waals surface area contributed by atoms with Crippen LogP contribution in [0.4, 0.5) is 0 Å². The number of nitrogens with one attached hydrogen (secondary N) is 1. The van der Waals surface area contributed by atoms with Crippen LogP contribution in [-0.2, 0) is 0 Å². The van der Waals surface area contributed by atoms with Gasteiger partial charge >= 0.3 is 0 Å². The maximum absolute atomic E-state index is 5.90. The van der Waals surface area contributed by atoms with E-state index in [9.17, 15) is 0 Å². The van der Waals surface area contributed by atoms with Crippen LogP contribution in [0, 0.1) is 11.3 Å². The minimum atomic E-state index is 0.194. The first-order valence-electron chi connectivity index (χ1n) is 6.53. The van der Waals surface area contributed by atoms with E-state index >= 15 is 0 Å². The number of hydrogen-bond donors (Lipinski definition) is 2. The van der Waals surface area contributed by atoms with E-state index in [2.05, 4.69) is 33.1 Å². The number of hydrogen-bond acceptors (Lipinski definition) is 2. The summed E-state index contributed by atoms with van der Waals surface area (Å²) in [4.78, 5) is 0. The zero-order chi connectivity index (χ0) is 13.8. The van der Waals surface area contributed by atoms with Crippen LogP contribution in [0.5, 0.6) is 0 Å². The monoisotopic (exact) mass is 268 g/mol. The van der Waals surface area contributed by atoms with Crippen LogP contribution in [0.2, 0.25) is 5.02 Å². The molecule has 2 unspecified atom stereocenters. The fourth-order valence-electron chi connectivity index (χ4n) is 2.53. The van der Waals surface area contributed by atoms with Crippen molar-refractivity contribution in [3.05, 3.63) is 34.9 Å². The molecule has 0 heterocycles. The van der Waals surface area contributed by atoms with Crippen LogP contribution in [0.15, 0.2) is 24.3 Å². The number of benzene rings is 1. The zero-order valence-corrected chi connectivity index (χ0v) is 12.6. The quantitative estimate of drug-likeness (QED) is 0.617. The summed E-state index contributed by atoms with van der Waals surface area (Å²) in [6.07, 6.45) is 2.23. The van der Waals surface area contributed by atoms with E-state index in [0.29, 0.717) is 11.3 Å². The van der Waals surface area contributed by atoms with Crippen LogP contribution in [0.3, 0.4) is 0 Å². The predicted molar refractivity (Wildman–Crippen MR) is 79.4 cm³/mol. The molecular weight excluding hydrogens is 244 g/mol. The third-order valence-corrected chi connectivity index (χ3v) is 3.32. The molecule has 0 aromatic heterocycles. The number of nitrogens with two attached hydrogens (primary N) is 1. The van der Waals surface area contributed by atoms with Crippen LogP contribution in [0.1, 0.15) is 52.1 Å². The highest BCUT2D eigenvalue weighted by molar-refractivity contribution is 6.30. The number of rotatable bonds is 5. The Hall–Kier alpha value is -0.570. The van der Waals surface area contributed by atoms with Gasteiger partial charge in [-0.2, -0.15) is 0 Å². The summed E-state index contributed by atoms with van der Waals surface area (Å²) in [7, 11) is 0. The second-order valence-corrected chi connectivity index (χ2v) is 6.81. The Labute approximate surface area is 116 Å². The van der Waals surface area contributed by atoms with E-state index in [1.165, 1.54) is 12.0 Å². The van der Waals surface area contributed by atoms with Crippen LogP contribution < -0.4 is 11.3 Å². The highest BCUT2D eigenvalue weighted by Crippen LogP contribution is 2.30. The van der Waals surface area contributed by atoms with Gasteiger partial charge in [-0.3, -0.25) is 11.3 Å². The summed E-state index contributed by atoms with van der Waals surface area (Å²) in [5.74, 6) is 6.30. The Kier molecular flexibility index (Phi) is 5.64. The lowest BCUT2D eigenvalue weighted by Gasteiger charge is -2.26. The van der Waals surface area contributed by atoms with Crippen molar-refractivity contribution in [1.82, 2.24) is 5.43 Å². The first-order valence-corrected chi connectivity index (χ1v) is 6.91. The molecule has 0 saturated heterocycles. The smallest absolute Gasteiger partial charge is 0.0462 e. The zero-order valence-electron chi connectivity index (χ0n) is 11.8. The van der Waals surface area contributed by atoms with Gasteiger partial charge in [0, 0.05) is 11.1 Å². The molecule has 1 aromatic carbocycles. The molecule has 0 bridgehead atoms. The molecule has 0 aliphatic heterocycles. The van der Waals surface area contributed by atoms with E-state index in [4.69, 9.17) is 17.4 Å². The molecule has 3 heteroatoms. The van der Waals surface area contributed by atoms with Gasteiger partial charge < -0.3 is 0 Å². The molecule has 0 fully saturated rings. The first kappa shape index (κ1) is 15.5. The first-order chi connectivity index (χ1) is 8.31. The summed E-state index contributed by atoms with van der Waals surface area (Å²) in [6.45, 7) is 9.11. The Morgan fingerprint density at radius 2 is 1.78 bits per heavy atom. The summed E-state index contributed by atoms with van der Waals surface area (Å²) in [5.41, 5.74) is 4.47. The third kappa shape index (κ3) is 5.38. The Bertz CT molecular complexity index is 354. The second kappa shape index (κ2) is 6.55. The maximum Gasteiger partial charge on any atom is 0.0462 e. The van der Waals surface area contributed by atoms with Gasteiger partial charge in [-0.1, -0.05) is 51.4 Å². The van der Waals surface area contributed by atoms with Crippen molar-refractivity contribution in [1.29, 1.82) is 0 Å². The van der Waals surface area contributed by atoms with Gasteiger partial charge in [0.05, 0.1) is 0 Å². The second-order valence-electron chi connectivity index (χ2n) is 6.38. The molecule has 102 valence electrons. The lowest BCUT2D eigenvalue weighted by molar-refractivity contribution is 0.276. The fraction of sp³-hybridized carbons (Fsp3) is 0.600. The maximum atomic E-state index is 5.90. The van der Waals surface area contributed by atoms with Crippen molar-refractivity contribution >= 4 is 11.6 Å². The van der Waals surface area contributed by atoms with E-state index in [-0.39, 0.29) is 6.04 Å². The lowest BCUT2D eigenvalue weighted by atomic mass is 9.82. The molecule has 0 aliphatic carbocycles. The minimum absolute atomic E-state index is 0.194. The minimum Gasteiger partial charge on any atom is -0.271 e. The number of halogens is 1. The van der Waals surface area contributed by atoms with Crippen LogP contribution >= 0.6 is 11.6 Å². The average Bonchev–Trinajstić information content (AvgIpc) is 2.25. The van der Waals surface area contributed by atoms with Gasteiger partial charge in [0.2, 0.25) is 0 Å². The van der Waals surface area contributed by atoms with Crippen LogP contribution in [0.25, 0.3) is 0 Å². The SMILES string of the molecule is CC(CC(NN)c1ccc(Cl)cc1)CC(C)(C)C. The van der Waals surface area contributed by atoms with E-state index < -0.39 is 0 Å². The average molecular weight is 269 g/mol. The summed E-state index contributed by atoms with van der Waals surface area (Å²) in [5, 5.41) is 0.761. The third-order valence-electron chi connectivity index (χ3n) is 3.07. The van der Waals surface area contributed by atoms with Gasteiger partial charge in [-0.05, 0) is 41.9 Å². The molecule has 0 spiro atoms. The van der Waals surface area contributed by atoms with E-state index in [0.717, 1.165) is 11.4 Å². The van der Waals surface area contributed by atoms with Gasteiger partial charge in [0.1, 0.15) is 0 Å². The number of hydrazine groups is 1. The van der Waals surface area contributed by atoms with Crippen molar-refractivity contribution in [3.63, 3.8) is 0 Å². The molecule has 2 nitrogen and oxygen atoms in total. The molecule has 3 N–H and O–H groups in total. The standard InChI is InChI=1S/C15H25ClN2/c1-11(10-15(2,3)4)9-14(18-17)12-5-7-13(16)8-6-12/h5-8,11,14,18H,9-10,17H2,1-4H3. The fourth-order valence-corrected chi connectivity index (χ4v) is 2.65. The Morgan fingerprint density at radius 1 is 1.22 bits per heavy atom. The molecule has 2 atom stereocenters. The normalized spacial score (nSPS) is 15.4. The molecule has 18 heavy (non-hydrogen) atoms. The summed E-state index contributed by atoms with van der Waals surface area (Å²) < 4.78 is 0. The summed E-state index contributed by atoms with van der Waals surface area (Å²) >= 11 is 5.90. The van der Waals surface area contributed by atoms with Crippen molar-refractivity contribution in [3.8, 4) is 0 Å². The molecule has 0 saturated carbocycles. The largest absolute Gasteiger partial charge is 0.271 e. The predicted octanol–water partition coefficient (Wildman–Crippen LogP) is 4.31. The van der Waals surface area contributed by atoms with Gasteiger partial charge in [0.15, 0.2) is 0 Å². The molecule has 0 radical (unpaired) electrons. The van der Waals surface area contributed by atoms with Crippen LogP contribution in [-0.4, -0.2) is 0 Å². The van der Waals surface area contributed by atoms with Crippen molar-refractivity contribution < 1.29 is 0 Å². The summed E-state index contributed by atoms with van der Waals surface area (Å²) in [6, 6.07) is 8.10. The van der Waals surface area contributed by atoms with Crippen molar-refractivity contribution in [2.75, 3.05) is 0 Å². The molecule has 0 aliphatic rings. The lowest BCUT2D eigenvalue weighted by Crippen LogP contribution is -2.30. The molecule has 1 rings (SSSR count). The van der Waals surface area contributed by atoms with Gasteiger partial charge in [0.25, 0.3) is 0 Å². The topological polar surface area (TPSA) is 38.0 Å². The highest BCUT2D eigenvalue weighted by atomic mass is 35.5. The van der Waals surface area contributed by atoms with E-state index in [1.54, 1.807) is 0 Å². The Balaban J connectivity index is 2.64. The van der Waals surface area contributed by atoms with Gasteiger partial charge in [-0.25, -0.2) is 0 Å². The van der Waals surface area contributed by atoms with Crippen molar-refractivity contribution in [2.24, 2.45) is 17.2 Å². The molecular formula is C15H25ClN2. The van der Waals surface area contributed by atoms with E-state index in [1.807, 2.05) is 24.3 Å². The molecule has 1 aromatic rings. The molecule has 0 amide bonds.